The van der Waals surface area contributed by atoms with E-state index in [1.807, 2.05) is 24.3 Å². The minimum absolute atomic E-state index is 0. The number of para-hydroxylation sites is 1. The molecule has 1 aromatic carbocycles. The predicted octanol–water partition coefficient (Wildman–Crippen LogP) is 1.53. The Kier molecular flexibility index (Phi) is 6.67. The number of hydrogen-bond acceptors (Lipinski definition) is 3. The van der Waals surface area contributed by atoms with E-state index in [1.54, 1.807) is 7.11 Å². The molecule has 2 rings (SSSR count). The molecule has 0 spiro atoms. The third-order valence-electron chi connectivity index (χ3n) is 3.24. The van der Waals surface area contributed by atoms with E-state index in [0.717, 1.165) is 37.2 Å². The maximum Gasteiger partial charge on any atom is 0.220 e. The Morgan fingerprint density at radius 1 is 1.47 bits per heavy atom. The minimum atomic E-state index is 0. The van der Waals surface area contributed by atoms with Crippen molar-refractivity contribution in [2.75, 3.05) is 20.2 Å². The van der Waals surface area contributed by atoms with Crippen molar-refractivity contribution < 1.29 is 9.53 Å². The van der Waals surface area contributed by atoms with Gasteiger partial charge in [-0.05, 0) is 31.0 Å². The number of rotatable bonds is 5. The van der Waals surface area contributed by atoms with Gasteiger partial charge in [-0.15, -0.1) is 12.4 Å². The molecule has 1 atom stereocenters. The Hall–Kier alpha value is -1.26. The molecule has 1 fully saturated rings. The SMILES string of the molecule is COc1ccccc1CCC(=O)NC1CCNC1.Cl. The first-order valence-corrected chi connectivity index (χ1v) is 6.41. The van der Waals surface area contributed by atoms with Crippen molar-refractivity contribution in [3.8, 4) is 5.75 Å². The first-order chi connectivity index (χ1) is 8.79. The Morgan fingerprint density at radius 2 is 2.26 bits per heavy atom. The monoisotopic (exact) mass is 284 g/mol. The van der Waals surface area contributed by atoms with Crippen molar-refractivity contribution >= 4 is 18.3 Å². The smallest absolute Gasteiger partial charge is 0.220 e. The summed E-state index contributed by atoms with van der Waals surface area (Å²) in [5, 5.41) is 6.28. The Bertz CT molecular complexity index is 406. The summed E-state index contributed by atoms with van der Waals surface area (Å²) in [6.45, 7) is 1.89. The number of carbonyl (C=O) groups excluding carboxylic acids is 1. The van der Waals surface area contributed by atoms with Crippen LogP contribution in [0.4, 0.5) is 0 Å². The highest BCUT2D eigenvalue weighted by atomic mass is 35.5. The van der Waals surface area contributed by atoms with E-state index in [4.69, 9.17) is 4.74 Å². The van der Waals surface area contributed by atoms with Crippen LogP contribution in [-0.4, -0.2) is 32.1 Å². The van der Waals surface area contributed by atoms with Crippen LogP contribution in [-0.2, 0) is 11.2 Å². The summed E-state index contributed by atoms with van der Waals surface area (Å²) in [4.78, 5) is 11.8. The summed E-state index contributed by atoms with van der Waals surface area (Å²) < 4.78 is 5.27. The van der Waals surface area contributed by atoms with Crippen molar-refractivity contribution in [1.29, 1.82) is 0 Å². The second kappa shape index (κ2) is 8.02. The van der Waals surface area contributed by atoms with Gasteiger partial charge in [-0.1, -0.05) is 18.2 Å². The number of aryl methyl sites for hydroxylation is 1. The number of nitrogens with one attached hydrogen (secondary N) is 2. The van der Waals surface area contributed by atoms with Gasteiger partial charge in [0, 0.05) is 19.0 Å². The zero-order valence-electron chi connectivity index (χ0n) is 11.1. The molecule has 2 N–H and O–H groups in total. The van der Waals surface area contributed by atoms with Crippen LogP contribution in [0, 0.1) is 0 Å². The number of hydrogen-bond donors (Lipinski definition) is 2. The van der Waals surface area contributed by atoms with Crippen molar-refractivity contribution in [3.05, 3.63) is 29.8 Å². The molecule has 0 saturated carbocycles. The molecule has 4 nitrogen and oxygen atoms in total. The number of benzene rings is 1. The second-order valence-corrected chi connectivity index (χ2v) is 4.57. The molecule has 0 aromatic heterocycles. The fraction of sp³-hybridized carbons (Fsp3) is 0.500. The van der Waals surface area contributed by atoms with Gasteiger partial charge in [0.2, 0.25) is 5.91 Å². The molecule has 1 unspecified atom stereocenters. The first-order valence-electron chi connectivity index (χ1n) is 6.41. The Morgan fingerprint density at radius 3 is 2.95 bits per heavy atom. The van der Waals surface area contributed by atoms with Gasteiger partial charge < -0.3 is 15.4 Å². The lowest BCUT2D eigenvalue weighted by molar-refractivity contribution is -0.121. The zero-order chi connectivity index (χ0) is 12.8. The van der Waals surface area contributed by atoms with Crippen LogP contribution in [0.5, 0.6) is 5.75 Å². The predicted molar refractivity (Wildman–Crippen MR) is 78.0 cm³/mol. The Balaban J connectivity index is 0.00000180. The molecule has 0 bridgehead atoms. The highest BCUT2D eigenvalue weighted by Crippen LogP contribution is 2.18. The van der Waals surface area contributed by atoms with Gasteiger partial charge in [0.1, 0.15) is 5.75 Å². The van der Waals surface area contributed by atoms with E-state index in [9.17, 15) is 4.79 Å². The van der Waals surface area contributed by atoms with Gasteiger partial charge in [0.05, 0.1) is 7.11 Å². The largest absolute Gasteiger partial charge is 0.496 e. The maximum atomic E-state index is 11.8. The van der Waals surface area contributed by atoms with E-state index in [-0.39, 0.29) is 18.3 Å². The third-order valence-corrected chi connectivity index (χ3v) is 3.24. The van der Waals surface area contributed by atoms with Gasteiger partial charge in [-0.25, -0.2) is 0 Å². The summed E-state index contributed by atoms with van der Waals surface area (Å²) in [5.41, 5.74) is 1.08. The van der Waals surface area contributed by atoms with E-state index in [1.165, 1.54) is 0 Å². The second-order valence-electron chi connectivity index (χ2n) is 4.57. The normalized spacial score (nSPS) is 17.6. The lowest BCUT2D eigenvalue weighted by Crippen LogP contribution is -2.36. The van der Waals surface area contributed by atoms with Gasteiger partial charge >= 0.3 is 0 Å². The van der Waals surface area contributed by atoms with Crippen molar-refractivity contribution in [1.82, 2.24) is 10.6 Å². The molecule has 5 heteroatoms. The van der Waals surface area contributed by atoms with Crippen LogP contribution in [0.1, 0.15) is 18.4 Å². The molecule has 0 aliphatic carbocycles. The number of carbonyl (C=O) groups is 1. The molecular formula is C14H21ClN2O2. The summed E-state index contributed by atoms with van der Waals surface area (Å²) >= 11 is 0. The quantitative estimate of drug-likeness (QED) is 0.862. The molecule has 1 heterocycles. The molecule has 106 valence electrons. The van der Waals surface area contributed by atoms with Crippen molar-refractivity contribution in [2.24, 2.45) is 0 Å². The molecule has 19 heavy (non-hydrogen) atoms. The number of amides is 1. The minimum Gasteiger partial charge on any atom is -0.496 e. The van der Waals surface area contributed by atoms with E-state index in [2.05, 4.69) is 10.6 Å². The van der Waals surface area contributed by atoms with Crippen LogP contribution >= 0.6 is 12.4 Å². The molecule has 0 radical (unpaired) electrons. The average Bonchev–Trinajstić information content (AvgIpc) is 2.89. The average molecular weight is 285 g/mol. The summed E-state index contributed by atoms with van der Waals surface area (Å²) in [7, 11) is 1.66. The molecule has 1 amide bonds. The van der Waals surface area contributed by atoms with Gasteiger partial charge in [-0.2, -0.15) is 0 Å². The van der Waals surface area contributed by atoms with E-state index < -0.39 is 0 Å². The topological polar surface area (TPSA) is 50.4 Å². The summed E-state index contributed by atoms with van der Waals surface area (Å²) in [6.07, 6.45) is 2.26. The van der Waals surface area contributed by atoms with Crippen LogP contribution in [0.25, 0.3) is 0 Å². The lowest BCUT2D eigenvalue weighted by atomic mass is 10.1. The standard InChI is InChI=1S/C14H20N2O2.ClH/c1-18-13-5-3-2-4-11(13)6-7-14(17)16-12-8-9-15-10-12;/h2-5,12,15H,6-10H2,1H3,(H,16,17);1H. The van der Waals surface area contributed by atoms with Crippen LogP contribution in [0.2, 0.25) is 0 Å². The number of halogens is 1. The summed E-state index contributed by atoms with van der Waals surface area (Å²) in [6, 6.07) is 8.14. The van der Waals surface area contributed by atoms with E-state index >= 15 is 0 Å². The molecule has 1 aromatic rings. The van der Waals surface area contributed by atoms with Crippen LogP contribution in [0.3, 0.4) is 0 Å². The molecule has 1 saturated heterocycles. The van der Waals surface area contributed by atoms with Gasteiger partial charge in [0.15, 0.2) is 0 Å². The van der Waals surface area contributed by atoms with Crippen molar-refractivity contribution in [3.63, 3.8) is 0 Å². The highest BCUT2D eigenvalue weighted by Gasteiger charge is 2.16. The maximum absolute atomic E-state index is 11.8. The molecular weight excluding hydrogens is 264 g/mol. The molecule has 1 aliphatic rings. The fourth-order valence-electron chi connectivity index (χ4n) is 2.24. The zero-order valence-corrected chi connectivity index (χ0v) is 12.0. The lowest BCUT2D eigenvalue weighted by Gasteiger charge is -2.12. The van der Waals surface area contributed by atoms with Crippen LogP contribution < -0.4 is 15.4 Å². The highest BCUT2D eigenvalue weighted by molar-refractivity contribution is 5.85. The van der Waals surface area contributed by atoms with Crippen LogP contribution in [0.15, 0.2) is 24.3 Å². The first kappa shape index (κ1) is 15.8. The molecule has 1 aliphatic heterocycles. The number of methoxy groups -OCH3 is 1. The van der Waals surface area contributed by atoms with Gasteiger partial charge in [0.25, 0.3) is 0 Å². The Labute approximate surface area is 120 Å². The van der Waals surface area contributed by atoms with E-state index in [0.29, 0.717) is 12.5 Å². The van der Waals surface area contributed by atoms with Gasteiger partial charge in [-0.3, -0.25) is 4.79 Å². The van der Waals surface area contributed by atoms with Crippen molar-refractivity contribution in [2.45, 2.75) is 25.3 Å². The summed E-state index contributed by atoms with van der Waals surface area (Å²) in [5.74, 6) is 0.974. The third kappa shape index (κ3) is 4.73. The number of ether oxygens (including phenoxy) is 1. The fourth-order valence-corrected chi connectivity index (χ4v) is 2.24.